The Morgan fingerprint density at radius 1 is 1.25 bits per heavy atom. The Morgan fingerprint density at radius 3 is 2.58 bits per heavy atom. The number of hydrogen-bond acceptors (Lipinski definition) is 1. The lowest BCUT2D eigenvalue weighted by Crippen LogP contribution is -1.86. The summed E-state index contributed by atoms with van der Waals surface area (Å²) in [6, 6.07) is 5.85. The monoisotopic (exact) mass is 160 g/mol. The minimum absolute atomic E-state index is 0.758. The minimum Gasteiger partial charge on any atom is -0.298 e. The average molecular weight is 160 g/mol. The van der Waals surface area contributed by atoms with Gasteiger partial charge in [0.15, 0.2) is 6.29 Å². The van der Waals surface area contributed by atoms with Gasteiger partial charge < -0.3 is 0 Å². The standard InChI is InChI=1S/C11H12O/c1-3-4-10-6-5-9(2)7-11(10)8-12/h3-8H,1-2H3/b4-3-. The lowest BCUT2D eigenvalue weighted by molar-refractivity contribution is 0.112. The molecule has 0 radical (unpaired) electrons. The molecule has 0 aliphatic carbocycles. The van der Waals surface area contributed by atoms with Crippen molar-refractivity contribution in [2.45, 2.75) is 13.8 Å². The van der Waals surface area contributed by atoms with Crippen LogP contribution >= 0.6 is 0 Å². The predicted molar refractivity (Wildman–Crippen MR) is 51.3 cm³/mol. The van der Waals surface area contributed by atoms with Gasteiger partial charge in [-0.2, -0.15) is 0 Å². The second-order valence-electron chi connectivity index (χ2n) is 2.75. The maximum atomic E-state index is 10.6. The molecule has 1 aromatic rings. The Balaban J connectivity index is 3.19. The molecule has 0 atom stereocenters. The van der Waals surface area contributed by atoms with E-state index >= 15 is 0 Å². The van der Waals surface area contributed by atoms with E-state index in [1.54, 1.807) is 0 Å². The maximum absolute atomic E-state index is 10.6. The van der Waals surface area contributed by atoms with Crippen molar-refractivity contribution in [1.82, 2.24) is 0 Å². The van der Waals surface area contributed by atoms with Crippen molar-refractivity contribution >= 4 is 12.4 Å². The Kier molecular flexibility index (Phi) is 2.81. The van der Waals surface area contributed by atoms with Gasteiger partial charge in [0.05, 0.1) is 0 Å². The second-order valence-corrected chi connectivity index (χ2v) is 2.75. The Hall–Kier alpha value is -1.37. The number of benzene rings is 1. The zero-order valence-corrected chi connectivity index (χ0v) is 7.37. The van der Waals surface area contributed by atoms with Crippen LogP contribution in [0.3, 0.4) is 0 Å². The molecule has 62 valence electrons. The number of aryl methyl sites for hydroxylation is 1. The molecule has 0 bridgehead atoms. The van der Waals surface area contributed by atoms with Crippen LogP contribution in [-0.4, -0.2) is 6.29 Å². The predicted octanol–water partition coefficient (Wildman–Crippen LogP) is 2.84. The number of rotatable bonds is 2. The summed E-state index contributed by atoms with van der Waals surface area (Å²) in [5, 5.41) is 0. The molecule has 0 aliphatic heterocycles. The summed E-state index contributed by atoms with van der Waals surface area (Å²) in [5.41, 5.74) is 2.86. The molecule has 0 N–H and O–H groups in total. The molecule has 0 aliphatic rings. The van der Waals surface area contributed by atoms with Gasteiger partial charge in [0.1, 0.15) is 0 Å². The molecule has 0 heterocycles. The van der Waals surface area contributed by atoms with Crippen LogP contribution in [0.5, 0.6) is 0 Å². The van der Waals surface area contributed by atoms with E-state index in [-0.39, 0.29) is 0 Å². The van der Waals surface area contributed by atoms with Gasteiger partial charge in [-0.1, -0.05) is 29.8 Å². The summed E-state index contributed by atoms with van der Waals surface area (Å²) < 4.78 is 0. The van der Waals surface area contributed by atoms with E-state index in [9.17, 15) is 4.79 Å². The fourth-order valence-electron chi connectivity index (χ4n) is 1.13. The van der Waals surface area contributed by atoms with Crippen LogP contribution in [-0.2, 0) is 0 Å². The highest BCUT2D eigenvalue weighted by Crippen LogP contribution is 2.11. The fraction of sp³-hybridized carbons (Fsp3) is 0.182. The van der Waals surface area contributed by atoms with Crippen LogP contribution < -0.4 is 0 Å². The number of carbonyl (C=O) groups excluding carboxylic acids is 1. The van der Waals surface area contributed by atoms with Gasteiger partial charge in [0.25, 0.3) is 0 Å². The lowest BCUT2D eigenvalue weighted by Gasteiger charge is -1.99. The zero-order valence-electron chi connectivity index (χ0n) is 7.37. The highest BCUT2D eigenvalue weighted by molar-refractivity contribution is 5.82. The molecule has 1 aromatic carbocycles. The highest BCUT2D eigenvalue weighted by atomic mass is 16.1. The van der Waals surface area contributed by atoms with E-state index in [0.717, 1.165) is 23.0 Å². The summed E-state index contributed by atoms with van der Waals surface area (Å²) >= 11 is 0. The first kappa shape index (κ1) is 8.72. The van der Waals surface area contributed by atoms with Gasteiger partial charge in [0.2, 0.25) is 0 Å². The van der Waals surface area contributed by atoms with Gasteiger partial charge in [-0.15, -0.1) is 0 Å². The van der Waals surface area contributed by atoms with Gasteiger partial charge in [0, 0.05) is 5.56 Å². The van der Waals surface area contributed by atoms with Gasteiger partial charge in [-0.3, -0.25) is 4.79 Å². The van der Waals surface area contributed by atoms with E-state index in [2.05, 4.69) is 0 Å². The van der Waals surface area contributed by atoms with Crippen molar-refractivity contribution in [2.75, 3.05) is 0 Å². The molecule has 0 aromatic heterocycles. The number of carbonyl (C=O) groups is 1. The topological polar surface area (TPSA) is 17.1 Å². The second kappa shape index (κ2) is 3.86. The third kappa shape index (κ3) is 1.82. The van der Waals surface area contributed by atoms with E-state index in [0.29, 0.717) is 0 Å². The van der Waals surface area contributed by atoms with E-state index in [4.69, 9.17) is 0 Å². The van der Waals surface area contributed by atoms with Crippen LogP contribution in [0.15, 0.2) is 24.3 Å². The summed E-state index contributed by atoms with van der Waals surface area (Å²) in [6.45, 7) is 3.92. The van der Waals surface area contributed by atoms with Crippen molar-refractivity contribution in [2.24, 2.45) is 0 Å². The van der Waals surface area contributed by atoms with Crippen LogP contribution in [0, 0.1) is 6.92 Å². The lowest BCUT2D eigenvalue weighted by atomic mass is 10.1. The quantitative estimate of drug-likeness (QED) is 0.608. The smallest absolute Gasteiger partial charge is 0.150 e. The molecule has 0 saturated heterocycles. The van der Waals surface area contributed by atoms with Crippen molar-refractivity contribution in [3.63, 3.8) is 0 Å². The Labute approximate surface area is 72.7 Å². The molecule has 0 amide bonds. The summed E-state index contributed by atoms with van der Waals surface area (Å²) in [6.07, 6.45) is 4.75. The number of allylic oxidation sites excluding steroid dienone is 1. The van der Waals surface area contributed by atoms with E-state index < -0.39 is 0 Å². The van der Waals surface area contributed by atoms with Crippen LogP contribution in [0.4, 0.5) is 0 Å². The van der Waals surface area contributed by atoms with Crippen LogP contribution in [0.1, 0.15) is 28.4 Å². The summed E-state index contributed by atoms with van der Waals surface area (Å²) in [5.74, 6) is 0. The fourth-order valence-corrected chi connectivity index (χ4v) is 1.13. The maximum Gasteiger partial charge on any atom is 0.150 e. The summed E-state index contributed by atoms with van der Waals surface area (Å²) in [7, 11) is 0. The zero-order chi connectivity index (χ0) is 8.97. The first-order chi connectivity index (χ1) is 5.77. The van der Waals surface area contributed by atoms with Crippen LogP contribution in [0.25, 0.3) is 6.08 Å². The molecule has 0 fully saturated rings. The van der Waals surface area contributed by atoms with Gasteiger partial charge >= 0.3 is 0 Å². The first-order valence-corrected chi connectivity index (χ1v) is 3.96. The highest BCUT2D eigenvalue weighted by Gasteiger charge is 1.96. The SMILES string of the molecule is C/C=C\c1ccc(C)cc1C=O. The van der Waals surface area contributed by atoms with E-state index in [1.807, 2.05) is 44.2 Å². The first-order valence-electron chi connectivity index (χ1n) is 3.96. The average Bonchev–Trinajstić information content (AvgIpc) is 2.08. The molecular weight excluding hydrogens is 148 g/mol. The van der Waals surface area contributed by atoms with Crippen LogP contribution in [0.2, 0.25) is 0 Å². The molecule has 1 nitrogen and oxygen atoms in total. The van der Waals surface area contributed by atoms with Crippen molar-refractivity contribution in [1.29, 1.82) is 0 Å². The molecule has 0 spiro atoms. The summed E-state index contributed by atoms with van der Waals surface area (Å²) in [4.78, 5) is 10.6. The molecule has 12 heavy (non-hydrogen) atoms. The molecule has 1 rings (SSSR count). The Bertz CT molecular complexity index is 311. The number of hydrogen-bond donors (Lipinski definition) is 0. The minimum atomic E-state index is 0.758. The molecule has 0 unspecified atom stereocenters. The number of aldehydes is 1. The van der Waals surface area contributed by atoms with Gasteiger partial charge in [-0.25, -0.2) is 0 Å². The van der Waals surface area contributed by atoms with E-state index in [1.165, 1.54) is 0 Å². The van der Waals surface area contributed by atoms with Crippen molar-refractivity contribution < 1.29 is 4.79 Å². The largest absolute Gasteiger partial charge is 0.298 e. The molecule has 1 heteroatoms. The molecular formula is C11H12O. The van der Waals surface area contributed by atoms with Crippen molar-refractivity contribution in [3.05, 3.63) is 41.0 Å². The molecule has 0 saturated carbocycles. The van der Waals surface area contributed by atoms with Gasteiger partial charge in [-0.05, 0) is 25.5 Å². The third-order valence-corrected chi connectivity index (χ3v) is 1.72. The third-order valence-electron chi connectivity index (χ3n) is 1.72. The normalized spacial score (nSPS) is 10.5. The Morgan fingerprint density at radius 2 is 2.00 bits per heavy atom. The van der Waals surface area contributed by atoms with Crippen molar-refractivity contribution in [3.8, 4) is 0 Å².